The van der Waals surface area contributed by atoms with Gasteiger partial charge in [0, 0.05) is 12.1 Å². The van der Waals surface area contributed by atoms with Gasteiger partial charge in [0.1, 0.15) is 5.82 Å². The Morgan fingerprint density at radius 3 is 2.66 bits per heavy atom. The van der Waals surface area contributed by atoms with Crippen LogP contribution in [-0.4, -0.2) is 46.2 Å². The molecule has 7 nitrogen and oxygen atoms in total. The number of carboxylic acids is 1. The second-order valence-electron chi connectivity index (χ2n) is 7.36. The van der Waals surface area contributed by atoms with Gasteiger partial charge in [0.2, 0.25) is 0 Å². The molecule has 7 heteroatoms. The predicted octanol–water partition coefficient (Wildman–Crippen LogP) is 3.67. The number of rotatable bonds is 8. The van der Waals surface area contributed by atoms with Gasteiger partial charge in [-0.2, -0.15) is 0 Å². The summed E-state index contributed by atoms with van der Waals surface area (Å²) in [4.78, 5) is 21.4. The molecular formula is C22H27N3O4. The van der Waals surface area contributed by atoms with Crippen LogP contribution in [-0.2, 0) is 17.9 Å². The largest absolute Gasteiger partial charge is 0.493 e. The molecule has 1 atom stereocenters. The van der Waals surface area contributed by atoms with Gasteiger partial charge in [0.25, 0.3) is 0 Å². The normalized spacial score (nSPS) is 12.3. The molecule has 0 aliphatic carbocycles. The Kier molecular flexibility index (Phi) is 6.08. The maximum atomic E-state index is 11.2. The number of nitrogens with one attached hydrogen (secondary N) is 1. The fourth-order valence-electron chi connectivity index (χ4n) is 3.21. The molecule has 0 amide bonds. The lowest BCUT2D eigenvalue weighted by atomic mass is 10.1. The molecule has 1 heterocycles. The highest BCUT2D eigenvalue weighted by Crippen LogP contribution is 2.33. The van der Waals surface area contributed by atoms with E-state index in [0.717, 1.165) is 22.4 Å². The zero-order chi connectivity index (χ0) is 21.1. The summed E-state index contributed by atoms with van der Waals surface area (Å²) in [6, 6.07) is 9.74. The Morgan fingerprint density at radius 2 is 1.97 bits per heavy atom. The lowest BCUT2D eigenvalue weighted by Gasteiger charge is -2.21. The molecule has 3 rings (SSSR count). The predicted molar refractivity (Wildman–Crippen MR) is 111 cm³/mol. The van der Waals surface area contributed by atoms with Crippen molar-refractivity contribution in [2.75, 3.05) is 14.2 Å². The highest BCUT2D eigenvalue weighted by Gasteiger charge is 2.19. The number of aromatic nitrogens is 2. The molecule has 0 radical (unpaired) electrons. The summed E-state index contributed by atoms with van der Waals surface area (Å²) in [7, 11) is 3.52. The Hall–Kier alpha value is -3.06. The SMILES string of the molecule is COc1cccc(CN(C)Cc2nc3cc(C)c(C)cc3[nH]2)c1OC(C)C(=O)O. The third-order valence-corrected chi connectivity index (χ3v) is 4.93. The van der Waals surface area contributed by atoms with Crippen molar-refractivity contribution in [3.63, 3.8) is 0 Å². The number of carboxylic acid groups (broad SMARTS) is 1. The fraction of sp³-hybridized carbons (Fsp3) is 0.364. The fourth-order valence-corrected chi connectivity index (χ4v) is 3.21. The number of aromatic amines is 1. The number of ether oxygens (including phenoxy) is 2. The minimum Gasteiger partial charge on any atom is -0.493 e. The quantitative estimate of drug-likeness (QED) is 0.603. The van der Waals surface area contributed by atoms with Gasteiger partial charge in [-0.05, 0) is 57.1 Å². The number of imidazole rings is 1. The van der Waals surface area contributed by atoms with Gasteiger partial charge < -0.3 is 19.6 Å². The van der Waals surface area contributed by atoms with E-state index >= 15 is 0 Å². The first-order valence-electron chi connectivity index (χ1n) is 9.48. The molecule has 0 saturated carbocycles. The van der Waals surface area contributed by atoms with Crippen molar-refractivity contribution in [3.05, 3.63) is 52.8 Å². The van der Waals surface area contributed by atoms with Crippen LogP contribution in [0.3, 0.4) is 0 Å². The lowest BCUT2D eigenvalue weighted by molar-refractivity contribution is -0.144. The number of aryl methyl sites for hydroxylation is 2. The topological polar surface area (TPSA) is 87.7 Å². The first-order chi connectivity index (χ1) is 13.8. The van der Waals surface area contributed by atoms with Gasteiger partial charge >= 0.3 is 5.97 Å². The van der Waals surface area contributed by atoms with E-state index in [2.05, 4.69) is 35.9 Å². The molecule has 0 aliphatic rings. The van der Waals surface area contributed by atoms with Crippen molar-refractivity contribution < 1.29 is 19.4 Å². The van der Waals surface area contributed by atoms with Crippen molar-refractivity contribution in [3.8, 4) is 11.5 Å². The van der Waals surface area contributed by atoms with E-state index in [1.807, 2.05) is 19.2 Å². The maximum Gasteiger partial charge on any atom is 0.344 e. The van der Waals surface area contributed by atoms with E-state index < -0.39 is 12.1 Å². The molecule has 1 aromatic heterocycles. The third-order valence-electron chi connectivity index (χ3n) is 4.93. The molecule has 154 valence electrons. The minimum atomic E-state index is -1.02. The van der Waals surface area contributed by atoms with Crippen molar-refractivity contribution in [2.24, 2.45) is 0 Å². The van der Waals surface area contributed by atoms with E-state index in [-0.39, 0.29) is 0 Å². The van der Waals surface area contributed by atoms with E-state index in [9.17, 15) is 9.90 Å². The average molecular weight is 397 g/mol. The zero-order valence-corrected chi connectivity index (χ0v) is 17.4. The molecule has 2 aromatic carbocycles. The molecule has 0 fully saturated rings. The number of H-pyrrole nitrogens is 1. The molecule has 1 unspecified atom stereocenters. The van der Waals surface area contributed by atoms with Crippen molar-refractivity contribution in [1.29, 1.82) is 0 Å². The van der Waals surface area contributed by atoms with E-state index in [4.69, 9.17) is 14.5 Å². The number of hydrogen-bond acceptors (Lipinski definition) is 5. The number of carbonyl (C=O) groups is 1. The van der Waals surface area contributed by atoms with Crippen LogP contribution in [0.4, 0.5) is 0 Å². The smallest absolute Gasteiger partial charge is 0.344 e. The van der Waals surface area contributed by atoms with Crippen molar-refractivity contribution in [2.45, 2.75) is 40.0 Å². The molecule has 3 aromatic rings. The van der Waals surface area contributed by atoms with Gasteiger partial charge in [0.15, 0.2) is 17.6 Å². The van der Waals surface area contributed by atoms with Crippen molar-refractivity contribution in [1.82, 2.24) is 14.9 Å². The molecule has 0 saturated heterocycles. The summed E-state index contributed by atoms with van der Waals surface area (Å²) in [5, 5.41) is 9.19. The molecular weight excluding hydrogens is 370 g/mol. The van der Waals surface area contributed by atoms with Crippen LogP contribution in [0.2, 0.25) is 0 Å². The van der Waals surface area contributed by atoms with Gasteiger partial charge in [-0.1, -0.05) is 12.1 Å². The van der Waals surface area contributed by atoms with Crippen LogP contribution in [0.5, 0.6) is 11.5 Å². The second kappa shape index (κ2) is 8.53. The van der Waals surface area contributed by atoms with Crippen LogP contribution in [0, 0.1) is 13.8 Å². The second-order valence-corrected chi connectivity index (χ2v) is 7.36. The number of nitrogens with zero attached hydrogens (tertiary/aromatic N) is 2. The summed E-state index contributed by atoms with van der Waals surface area (Å²) in [6.45, 7) is 6.83. The Morgan fingerprint density at radius 1 is 1.24 bits per heavy atom. The standard InChI is InChI=1S/C22H27N3O4/c1-13-9-17-18(10-14(13)2)24-20(23-17)12-25(4)11-16-7-6-8-19(28-5)21(16)29-15(3)22(26)27/h6-10,15H,11-12H2,1-5H3,(H,23,24)(H,26,27). The van der Waals surface area contributed by atoms with Gasteiger partial charge in [-0.25, -0.2) is 9.78 Å². The lowest BCUT2D eigenvalue weighted by Crippen LogP contribution is -2.25. The van der Waals surface area contributed by atoms with E-state index in [0.29, 0.717) is 24.6 Å². The summed E-state index contributed by atoms with van der Waals surface area (Å²) in [5.41, 5.74) is 5.28. The highest BCUT2D eigenvalue weighted by molar-refractivity contribution is 5.77. The first kappa shape index (κ1) is 20.7. The number of fused-ring (bicyclic) bond motifs is 1. The van der Waals surface area contributed by atoms with Crippen LogP contribution >= 0.6 is 0 Å². The highest BCUT2D eigenvalue weighted by atomic mass is 16.5. The molecule has 0 spiro atoms. The number of aliphatic carboxylic acids is 1. The van der Waals surface area contributed by atoms with E-state index in [1.165, 1.54) is 18.1 Å². The first-order valence-corrected chi connectivity index (χ1v) is 9.48. The van der Waals surface area contributed by atoms with E-state index in [1.54, 1.807) is 13.2 Å². The monoisotopic (exact) mass is 397 g/mol. The molecule has 0 aliphatic heterocycles. The van der Waals surface area contributed by atoms with Gasteiger partial charge in [-0.15, -0.1) is 0 Å². The van der Waals surface area contributed by atoms with Gasteiger partial charge in [-0.3, -0.25) is 4.90 Å². The minimum absolute atomic E-state index is 0.451. The van der Waals surface area contributed by atoms with Crippen LogP contribution in [0.25, 0.3) is 11.0 Å². The Labute approximate surface area is 170 Å². The molecule has 29 heavy (non-hydrogen) atoms. The molecule has 2 N–H and O–H groups in total. The van der Waals surface area contributed by atoms with Crippen molar-refractivity contribution >= 4 is 17.0 Å². The summed E-state index contributed by atoms with van der Waals surface area (Å²) in [6.07, 6.45) is -0.975. The Balaban J connectivity index is 1.79. The number of hydrogen-bond donors (Lipinski definition) is 2. The third kappa shape index (κ3) is 4.68. The summed E-state index contributed by atoms with van der Waals surface area (Å²) < 4.78 is 11.1. The van der Waals surface area contributed by atoms with Crippen LogP contribution < -0.4 is 9.47 Å². The van der Waals surface area contributed by atoms with Gasteiger partial charge in [0.05, 0.1) is 24.7 Å². The average Bonchev–Trinajstić information content (AvgIpc) is 3.03. The zero-order valence-electron chi connectivity index (χ0n) is 17.4. The molecule has 0 bridgehead atoms. The number of methoxy groups -OCH3 is 1. The Bertz CT molecular complexity index is 989. The summed E-state index contributed by atoms with van der Waals surface area (Å²) in [5.74, 6) is 0.811. The van der Waals surface area contributed by atoms with Crippen LogP contribution in [0.1, 0.15) is 29.4 Å². The summed E-state index contributed by atoms with van der Waals surface area (Å²) >= 11 is 0. The maximum absolute atomic E-state index is 11.2. The number of benzene rings is 2. The van der Waals surface area contributed by atoms with Crippen LogP contribution in [0.15, 0.2) is 30.3 Å². The number of para-hydroxylation sites is 1.